The van der Waals surface area contributed by atoms with Gasteiger partial charge in [0.15, 0.2) is 0 Å². The SMILES string of the molecule is C=CC(=O)N1Cc2sc(Cl)cc2C(c2ccccc2-c2cn(C)nc2C(C)C2CC2)C1. The Labute approximate surface area is 192 Å². The normalized spacial score (nSPS) is 19.2. The number of benzene rings is 1. The monoisotopic (exact) mass is 451 g/mol. The van der Waals surface area contributed by atoms with Crippen LogP contribution in [-0.2, 0) is 18.4 Å². The van der Waals surface area contributed by atoms with Crippen LogP contribution in [0, 0.1) is 5.92 Å². The third-order valence-electron chi connectivity index (χ3n) is 6.65. The van der Waals surface area contributed by atoms with Crippen LogP contribution in [0.4, 0.5) is 0 Å². The number of carbonyl (C=O) groups is 1. The van der Waals surface area contributed by atoms with E-state index in [9.17, 15) is 4.79 Å². The molecule has 4 nitrogen and oxygen atoms in total. The average Bonchev–Trinajstić information content (AvgIpc) is 3.45. The molecule has 1 aliphatic carbocycles. The average molecular weight is 452 g/mol. The van der Waals surface area contributed by atoms with Crippen molar-refractivity contribution in [1.82, 2.24) is 14.7 Å². The number of fused-ring (bicyclic) bond motifs is 1. The largest absolute Gasteiger partial charge is 0.333 e. The van der Waals surface area contributed by atoms with Crippen LogP contribution in [0.2, 0.25) is 4.34 Å². The van der Waals surface area contributed by atoms with Crippen LogP contribution >= 0.6 is 22.9 Å². The molecular formula is C25H26ClN3OS. The molecular weight excluding hydrogens is 426 g/mol. The van der Waals surface area contributed by atoms with E-state index in [1.54, 1.807) is 11.3 Å². The maximum Gasteiger partial charge on any atom is 0.246 e. The van der Waals surface area contributed by atoms with Crippen LogP contribution < -0.4 is 0 Å². The molecule has 3 aromatic rings. The minimum Gasteiger partial charge on any atom is -0.333 e. The highest BCUT2D eigenvalue weighted by Gasteiger charge is 2.35. The lowest BCUT2D eigenvalue weighted by Crippen LogP contribution is -2.37. The molecule has 2 unspecified atom stereocenters. The van der Waals surface area contributed by atoms with Crippen LogP contribution in [0.15, 0.2) is 49.2 Å². The van der Waals surface area contributed by atoms with E-state index < -0.39 is 0 Å². The summed E-state index contributed by atoms with van der Waals surface area (Å²) in [4.78, 5) is 15.5. The van der Waals surface area contributed by atoms with Gasteiger partial charge in [-0.05, 0) is 47.6 Å². The molecule has 1 aromatic carbocycles. The molecule has 2 atom stereocenters. The van der Waals surface area contributed by atoms with Crippen molar-refractivity contribution in [1.29, 1.82) is 0 Å². The van der Waals surface area contributed by atoms with E-state index in [1.165, 1.54) is 46.9 Å². The summed E-state index contributed by atoms with van der Waals surface area (Å²) < 4.78 is 2.70. The summed E-state index contributed by atoms with van der Waals surface area (Å²) >= 11 is 7.98. The van der Waals surface area contributed by atoms with E-state index in [-0.39, 0.29) is 11.8 Å². The van der Waals surface area contributed by atoms with Gasteiger partial charge in [0.2, 0.25) is 5.91 Å². The molecule has 0 spiro atoms. The second-order valence-electron chi connectivity index (χ2n) is 8.72. The lowest BCUT2D eigenvalue weighted by atomic mass is 9.83. The summed E-state index contributed by atoms with van der Waals surface area (Å²) in [6, 6.07) is 10.6. The van der Waals surface area contributed by atoms with Gasteiger partial charge in [0.25, 0.3) is 0 Å². The Bertz CT molecular complexity index is 1160. The third kappa shape index (κ3) is 3.74. The highest BCUT2D eigenvalue weighted by Crippen LogP contribution is 2.47. The highest BCUT2D eigenvalue weighted by atomic mass is 35.5. The zero-order valence-electron chi connectivity index (χ0n) is 17.8. The number of hydrogen-bond donors (Lipinski definition) is 0. The first-order valence-electron chi connectivity index (χ1n) is 10.8. The first-order valence-corrected chi connectivity index (χ1v) is 12.0. The van der Waals surface area contributed by atoms with Crippen molar-refractivity contribution in [2.24, 2.45) is 13.0 Å². The van der Waals surface area contributed by atoms with Crippen molar-refractivity contribution < 1.29 is 4.79 Å². The van der Waals surface area contributed by atoms with Crippen molar-refractivity contribution in [3.8, 4) is 11.1 Å². The Hall–Kier alpha value is -2.37. The van der Waals surface area contributed by atoms with Crippen molar-refractivity contribution in [3.05, 3.63) is 75.2 Å². The molecule has 160 valence electrons. The summed E-state index contributed by atoms with van der Waals surface area (Å²) in [5.41, 5.74) is 6.03. The van der Waals surface area contributed by atoms with Crippen molar-refractivity contribution >= 4 is 28.8 Å². The van der Waals surface area contributed by atoms with Crippen molar-refractivity contribution in [3.63, 3.8) is 0 Å². The van der Waals surface area contributed by atoms with Gasteiger partial charge in [-0.15, -0.1) is 11.3 Å². The van der Waals surface area contributed by atoms with Gasteiger partial charge >= 0.3 is 0 Å². The number of hydrogen-bond acceptors (Lipinski definition) is 3. The van der Waals surface area contributed by atoms with Gasteiger partial charge in [0.05, 0.1) is 16.6 Å². The van der Waals surface area contributed by atoms with Gasteiger partial charge in [0, 0.05) is 42.1 Å². The minimum atomic E-state index is -0.0397. The third-order valence-corrected chi connectivity index (χ3v) is 7.92. The summed E-state index contributed by atoms with van der Waals surface area (Å²) in [6.07, 6.45) is 6.12. The zero-order chi connectivity index (χ0) is 21.7. The smallest absolute Gasteiger partial charge is 0.246 e. The molecule has 0 radical (unpaired) electrons. The van der Waals surface area contributed by atoms with E-state index in [0.29, 0.717) is 19.0 Å². The summed E-state index contributed by atoms with van der Waals surface area (Å²) in [6.45, 7) is 7.20. The van der Waals surface area contributed by atoms with Crippen molar-refractivity contribution in [2.45, 2.75) is 38.1 Å². The molecule has 0 bridgehead atoms. The van der Waals surface area contributed by atoms with Crippen LogP contribution in [0.3, 0.4) is 0 Å². The van der Waals surface area contributed by atoms with Gasteiger partial charge in [0.1, 0.15) is 0 Å². The molecule has 31 heavy (non-hydrogen) atoms. The van der Waals surface area contributed by atoms with Gasteiger partial charge in [-0.1, -0.05) is 49.4 Å². The number of rotatable bonds is 5. The van der Waals surface area contributed by atoms with Crippen LogP contribution in [-0.4, -0.2) is 27.1 Å². The second-order valence-corrected chi connectivity index (χ2v) is 10.5. The van der Waals surface area contributed by atoms with E-state index in [0.717, 1.165) is 15.1 Å². The minimum absolute atomic E-state index is 0.0397. The number of nitrogens with zero attached hydrogens (tertiary/aromatic N) is 3. The topological polar surface area (TPSA) is 38.1 Å². The fraction of sp³-hybridized carbons (Fsp3) is 0.360. The molecule has 1 fully saturated rings. The molecule has 2 aromatic heterocycles. The molecule has 5 rings (SSSR count). The molecule has 3 heterocycles. The van der Waals surface area contributed by atoms with Gasteiger partial charge < -0.3 is 4.90 Å². The molecule has 0 saturated heterocycles. The van der Waals surface area contributed by atoms with E-state index in [2.05, 4.69) is 50.0 Å². The van der Waals surface area contributed by atoms with Gasteiger partial charge in [-0.25, -0.2) is 0 Å². The Morgan fingerprint density at radius 1 is 1.29 bits per heavy atom. The molecule has 1 saturated carbocycles. The summed E-state index contributed by atoms with van der Waals surface area (Å²) in [5, 5.41) is 4.86. The molecule has 1 amide bonds. The predicted octanol–water partition coefficient (Wildman–Crippen LogP) is 5.98. The fourth-order valence-electron chi connectivity index (χ4n) is 4.86. The Morgan fingerprint density at radius 2 is 2.06 bits per heavy atom. The Morgan fingerprint density at radius 3 is 2.81 bits per heavy atom. The molecule has 6 heteroatoms. The van der Waals surface area contributed by atoms with Crippen LogP contribution in [0.5, 0.6) is 0 Å². The van der Waals surface area contributed by atoms with E-state index in [1.807, 2.05) is 16.6 Å². The zero-order valence-corrected chi connectivity index (χ0v) is 19.4. The van der Waals surface area contributed by atoms with Crippen molar-refractivity contribution in [2.75, 3.05) is 6.54 Å². The highest BCUT2D eigenvalue weighted by molar-refractivity contribution is 7.16. The number of carbonyl (C=O) groups excluding carboxylic acids is 1. The standard InChI is InChI=1S/C25H26ClN3OS/c1-4-24(30)29-13-20(19-11-23(26)31-22(19)14-29)17-7-5-6-8-18(17)21-12-28(3)27-25(21)15(2)16-9-10-16/h4-8,11-12,15-16,20H,1,9-10,13-14H2,2-3H3. The molecule has 1 aliphatic heterocycles. The lowest BCUT2D eigenvalue weighted by Gasteiger charge is -2.33. The Kier molecular flexibility index (Phi) is 5.27. The summed E-state index contributed by atoms with van der Waals surface area (Å²) in [5.74, 6) is 1.21. The number of halogens is 1. The predicted molar refractivity (Wildman–Crippen MR) is 127 cm³/mol. The van der Waals surface area contributed by atoms with Gasteiger partial charge in [-0.3, -0.25) is 9.48 Å². The molecule has 2 aliphatic rings. The molecule has 0 N–H and O–H groups in total. The first kappa shape index (κ1) is 20.5. The van der Waals surface area contributed by atoms with Crippen LogP contribution in [0.25, 0.3) is 11.1 Å². The number of aromatic nitrogens is 2. The summed E-state index contributed by atoms with van der Waals surface area (Å²) in [7, 11) is 2.00. The maximum absolute atomic E-state index is 12.5. The first-order chi connectivity index (χ1) is 15.0. The Balaban J connectivity index is 1.63. The number of thiophene rings is 1. The van der Waals surface area contributed by atoms with Crippen LogP contribution in [0.1, 0.15) is 53.3 Å². The quantitative estimate of drug-likeness (QED) is 0.448. The van der Waals surface area contributed by atoms with E-state index in [4.69, 9.17) is 16.7 Å². The van der Waals surface area contributed by atoms with Gasteiger partial charge in [-0.2, -0.15) is 5.10 Å². The number of aryl methyl sites for hydroxylation is 1. The van der Waals surface area contributed by atoms with E-state index >= 15 is 0 Å². The fourth-order valence-corrected chi connectivity index (χ4v) is 6.22. The maximum atomic E-state index is 12.5. The lowest BCUT2D eigenvalue weighted by molar-refractivity contribution is -0.127. The second kappa shape index (κ2) is 7.95. The number of amides is 1.